The molecule has 25 heavy (non-hydrogen) atoms. The van der Waals surface area contributed by atoms with Gasteiger partial charge in [0.05, 0.1) is 17.7 Å². The fraction of sp³-hybridized carbons (Fsp3) is 0.588. The number of ether oxygens (including phenoxy) is 4. The first kappa shape index (κ1) is 15.2. The lowest BCUT2D eigenvalue weighted by Crippen LogP contribution is -2.60. The van der Waals surface area contributed by atoms with Gasteiger partial charge in [-0.05, 0) is 31.9 Å². The van der Waals surface area contributed by atoms with Crippen LogP contribution in [0.3, 0.4) is 0 Å². The van der Waals surface area contributed by atoms with Gasteiger partial charge in [0.1, 0.15) is 12.2 Å². The Kier molecular flexibility index (Phi) is 2.91. The second-order valence-electron chi connectivity index (χ2n) is 7.40. The van der Waals surface area contributed by atoms with Crippen LogP contribution in [-0.2, 0) is 9.47 Å². The maximum Gasteiger partial charge on any atom is 0.255 e. The van der Waals surface area contributed by atoms with Gasteiger partial charge in [-0.2, -0.15) is 0 Å². The molecule has 0 aromatic heterocycles. The number of phenols is 1. The minimum absolute atomic E-state index is 0.0000342. The molecule has 1 amide bonds. The number of hydrogen-bond donors (Lipinski definition) is 3. The minimum Gasteiger partial charge on any atom is -0.504 e. The molecule has 1 saturated heterocycles. The topological polar surface area (TPSA) is 106 Å². The molecule has 134 valence electrons. The van der Waals surface area contributed by atoms with Crippen molar-refractivity contribution in [2.75, 3.05) is 6.79 Å². The second-order valence-corrected chi connectivity index (χ2v) is 7.40. The van der Waals surface area contributed by atoms with E-state index in [1.807, 2.05) is 0 Å². The average molecular weight is 349 g/mol. The Balaban J connectivity index is 1.62. The lowest BCUT2D eigenvalue weighted by atomic mass is 9.72. The number of benzene rings is 1. The molecule has 0 bridgehead atoms. The van der Waals surface area contributed by atoms with Crippen LogP contribution in [-0.4, -0.2) is 53.1 Å². The van der Waals surface area contributed by atoms with E-state index in [1.54, 1.807) is 19.9 Å². The summed E-state index contributed by atoms with van der Waals surface area (Å²) in [5.41, 5.74) is 0.815. The molecule has 0 spiro atoms. The summed E-state index contributed by atoms with van der Waals surface area (Å²) in [6.45, 7) is 3.57. The van der Waals surface area contributed by atoms with Crippen molar-refractivity contribution in [2.45, 2.75) is 56.3 Å². The van der Waals surface area contributed by atoms with Crippen LogP contribution < -0.4 is 14.8 Å². The summed E-state index contributed by atoms with van der Waals surface area (Å²) in [6.07, 6.45) is -1.31. The lowest BCUT2D eigenvalue weighted by Gasteiger charge is -2.44. The zero-order valence-corrected chi connectivity index (χ0v) is 13.8. The molecule has 4 aliphatic rings. The Morgan fingerprint density at radius 2 is 2.00 bits per heavy atom. The number of rotatable bonds is 0. The highest BCUT2D eigenvalue weighted by molar-refractivity contribution is 6.01. The molecule has 3 heterocycles. The highest BCUT2D eigenvalue weighted by Crippen LogP contribution is 2.51. The summed E-state index contributed by atoms with van der Waals surface area (Å²) in [5, 5.41) is 24.0. The number of carbonyl (C=O) groups excluding carboxylic acids is 1. The van der Waals surface area contributed by atoms with Crippen LogP contribution >= 0.6 is 0 Å². The Hall–Kier alpha value is -2.03. The number of aromatic hydroxyl groups is 1. The van der Waals surface area contributed by atoms with Crippen LogP contribution in [0.15, 0.2) is 6.07 Å². The summed E-state index contributed by atoms with van der Waals surface area (Å²) >= 11 is 0. The number of aliphatic hydroxyl groups excluding tert-OH is 1. The Morgan fingerprint density at radius 1 is 1.24 bits per heavy atom. The average Bonchev–Trinajstić information content (AvgIpc) is 3.12. The normalized spacial score (nSPS) is 37.1. The molecule has 3 aliphatic heterocycles. The third kappa shape index (κ3) is 2.01. The maximum absolute atomic E-state index is 12.7. The molecule has 3 N–H and O–H groups in total. The monoisotopic (exact) mass is 349 g/mol. The highest BCUT2D eigenvalue weighted by Gasteiger charge is 2.56. The van der Waals surface area contributed by atoms with Crippen LogP contribution in [0.2, 0.25) is 0 Å². The van der Waals surface area contributed by atoms with E-state index in [2.05, 4.69) is 5.32 Å². The first-order valence-electron chi connectivity index (χ1n) is 8.36. The molecule has 1 aromatic rings. The van der Waals surface area contributed by atoms with E-state index < -0.39 is 30.0 Å². The lowest BCUT2D eigenvalue weighted by molar-refractivity contribution is -0.153. The zero-order chi connectivity index (χ0) is 17.5. The van der Waals surface area contributed by atoms with Crippen molar-refractivity contribution < 1.29 is 34.0 Å². The largest absolute Gasteiger partial charge is 0.504 e. The molecule has 5 rings (SSSR count). The van der Waals surface area contributed by atoms with Crippen molar-refractivity contribution in [3.8, 4) is 17.2 Å². The SMILES string of the molecule is CC1(C)O[C@H]2[C@@H]3NC(=O)c4c(cc5c(c4O)OCO5)[C@@H]3C[C@H](O)[C@H]2O1. The number of nitrogens with one attached hydrogen (secondary N) is 1. The fourth-order valence-electron chi connectivity index (χ4n) is 4.46. The van der Waals surface area contributed by atoms with Crippen LogP contribution in [0.4, 0.5) is 0 Å². The molecular formula is C17H19NO7. The smallest absolute Gasteiger partial charge is 0.255 e. The molecule has 8 nitrogen and oxygen atoms in total. The van der Waals surface area contributed by atoms with Crippen molar-refractivity contribution in [3.05, 3.63) is 17.2 Å². The molecular weight excluding hydrogens is 330 g/mol. The molecule has 0 radical (unpaired) electrons. The first-order valence-corrected chi connectivity index (χ1v) is 8.36. The molecule has 1 aliphatic carbocycles. The van der Waals surface area contributed by atoms with Crippen molar-refractivity contribution in [2.24, 2.45) is 0 Å². The Bertz CT molecular complexity index is 777. The Labute approximate surface area is 143 Å². The van der Waals surface area contributed by atoms with Crippen LogP contribution in [0.1, 0.15) is 42.1 Å². The first-order chi connectivity index (χ1) is 11.9. The highest BCUT2D eigenvalue weighted by atomic mass is 16.8. The fourth-order valence-corrected chi connectivity index (χ4v) is 4.46. The molecule has 5 atom stereocenters. The maximum atomic E-state index is 12.7. The van der Waals surface area contributed by atoms with Crippen LogP contribution in [0.25, 0.3) is 0 Å². The van der Waals surface area contributed by atoms with Gasteiger partial charge in [-0.1, -0.05) is 0 Å². The van der Waals surface area contributed by atoms with Crippen LogP contribution in [0.5, 0.6) is 17.2 Å². The summed E-state index contributed by atoms with van der Waals surface area (Å²) in [6, 6.07) is 1.37. The summed E-state index contributed by atoms with van der Waals surface area (Å²) in [5.74, 6) is -1.07. The van der Waals surface area contributed by atoms with E-state index >= 15 is 0 Å². The third-order valence-corrected chi connectivity index (χ3v) is 5.42. The molecule has 0 unspecified atom stereocenters. The van der Waals surface area contributed by atoms with E-state index in [4.69, 9.17) is 18.9 Å². The standard InChI is InChI=1S/C17H19NO7/c1-17(2)24-13-8(19)3-7-6-4-9-14(23-5-22-9)12(20)10(6)16(21)18-11(7)15(13)25-17/h4,7-8,11,13,15,19-20H,3,5H2,1-2H3,(H,18,21)/t7-,8-,11+,13+,15-/m0/s1. The molecule has 1 saturated carbocycles. The zero-order valence-electron chi connectivity index (χ0n) is 13.8. The van der Waals surface area contributed by atoms with Gasteiger partial charge >= 0.3 is 0 Å². The number of carbonyl (C=O) groups is 1. The summed E-state index contributed by atoms with van der Waals surface area (Å²) in [7, 11) is 0. The quantitative estimate of drug-likeness (QED) is 0.630. The van der Waals surface area contributed by atoms with Gasteiger partial charge in [0, 0.05) is 5.92 Å². The predicted molar refractivity (Wildman–Crippen MR) is 82.7 cm³/mol. The number of phenolic OH excluding ortho intramolecular Hbond substituents is 1. The van der Waals surface area contributed by atoms with Gasteiger partial charge in [0.2, 0.25) is 12.5 Å². The van der Waals surface area contributed by atoms with E-state index in [1.165, 1.54) is 0 Å². The van der Waals surface area contributed by atoms with Gasteiger partial charge in [0.15, 0.2) is 17.3 Å². The van der Waals surface area contributed by atoms with E-state index in [9.17, 15) is 15.0 Å². The molecule has 2 fully saturated rings. The van der Waals surface area contributed by atoms with Gasteiger partial charge in [-0.3, -0.25) is 4.79 Å². The van der Waals surface area contributed by atoms with E-state index in [-0.39, 0.29) is 35.8 Å². The second kappa shape index (κ2) is 4.78. The number of amides is 1. The van der Waals surface area contributed by atoms with Crippen molar-refractivity contribution >= 4 is 5.91 Å². The number of fused-ring (bicyclic) bond motifs is 6. The molecule has 8 heteroatoms. The predicted octanol–water partition coefficient (Wildman–Crippen LogP) is 0.601. The minimum atomic E-state index is -0.826. The van der Waals surface area contributed by atoms with Gasteiger partial charge in [-0.15, -0.1) is 0 Å². The van der Waals surface area contributed by atoms with Gasteiger partial charge < -0.3 is 34.5 Å². The number of hydrogen-bond acceptors (Lipinski definition) is 7. The Morgan fingerprint density at radius 3 is 2.80 bits per heavy atom. The molecule has 1 aromatic carbocycles. The van der Waals surface area contributed by atoms with Gasteiger partial charge in [-0.25, -0.2) is 0 Å². The van der Waals surface area contributed by atoms with Crippen LogP contribution in [0, 0.1) is 0 Å². The van der Waals surface area contributed by atoms with Crippen molar-refractivity contribution in [1.29, 1.82) is 0 Å². The van der Waals surface area contributed by atoms with Gasteiger partial charge in [0.25, 0.3) is 5.91 Å². The third-order valence-electron chi connectivity index (χ3n) is 5.42. The van der Waals surface area contributed by atoms with E-state index in [0.717, 1.165) is 0 Å². The number of aliphatic hydroxyl groups is 1. The van der Waals surface area contributed by atoms with E-state index in [0.29, 0.717) is 17.7 Å². The van der Waals surface area contributed by atoms with Crippen molar-refractivity contribution in [1.82, 2.24) is 5.32 Å². The summed E-state index contributed by atoms with van der Waals surface area (Å²) in [4.78, 5) is 12.7. The summed E-state index contributed by atoms with van der Waals surface area (Å²) < 4.78 is 22.4. The van der Waals surface area contributed by atoms with Crippen molar-refractivity contribution in [3.63, 3.8) is 0 Å².